The lowest BCUT2D eigenvalue weighted by molar-refractivity contribution is 0.981. The highest BCUT2D eigenvalue weighted by molar-refractivity contribution is 5.51. The third-order valence-corrected chi connectivity index (χ3v) is 2.08. The molecule has 14 heavy (non-hydrogen) atoms. The zero-order valence-electron chi connectivity index (χ0n) is 7.69. The van der Waals surface area contributed by atoms with Crippen LogP contribution in [0.5, 0.6) is 0 Å². The maximum Gasteiger partial charge on any atom is 0.347 e. The Kier molecular flexibility index (Phi) is 1.85. The highest BCUT2D eigenvalue weighted by Gasteiger charge is 2.01. The number of rotatable bonds is 1. The first-order valence-corrected chi connectivity index (χ1v) is 4.17. The van der Waals surface area contributed by atoms with Gasteiger partial charge in [0.15, 0.2) is 0 Å². The second-order valence-electron chi connectivity index (χ2n) is 3.07. The molecule has 3 N–H and O–H groups in total. The van der Waals surface area contributed by atoms with Crippen molar-refractivity contribution in [2.45, 2.75) is 6.92 Å². The molecule has 1 aromatic carbocycles. The molecule has 2 aromatic rings. The van der Waals surface area contributed by atoms with Crippen LogP contribution in [0.2, 0.25) is 0 Å². The van der Waals surface area contributed by atoms with Crippen LogP contribution in [-0.2, 0) is 0 Å². The number of nitrogen functional groups attached to an aromatic ring is 1. The highest BCUT2D eigenvalue weighted by Crippen LogP contribution is 2.14. The lowest BCUT2D eigenvalue weighted by Crippen LogP contribution is -2.14. The van der Waals surface area contributed by atoms with Gasteiger partial charge in [-0.25, -0.2) is 14.5 Å². The summed E-state index contributed by atoms with van der Waals surface area (Å²) in [6.07, 6.45) is 1.44. The summed E-state index contributed by atoms with van der Waals surface area (Å²) in [6, 6.07) is 5.38. The monoisotopic (exact) mass is 190 g/mol. The van der Waals surface area contributed by atoms with E-state index in [4.69, 9.17) is 5.73 Å². The van der Waals surface area contributed by atoms with E-state index in [1.54, 1.807) is 12.1 Å². The van der Waals surface area contributed by atoms with Gasteiger partial charge >= 0.3 is 5.69 Å². The Morgan fingerprint density at radius 2 is 2.29 bits per heavy atom. The van der Waals surface area contributed by atoms with E-state index in [1.807, 2.05) is 13.0 Å². The third-order valence-electron chi connectivity index (χ3n) is 2.08. The Balaban J connectivity index is 2.59. The van der Waals surface area contributed by atoms with Crippen LogP contribution in [0, 0.1) is 6.92 Å². The molecule has 0 aliphatic carbocycles. The van der Waals surface area contributed by atoms with Gasteiger partial charge in [-0.3, -0.25) is 0 Å². The zero-order chi connectivity index (χ0) is 10.1. The average molecular weight is 190 g/mol. The second kappa shape index (κ2) is 3.02. The molecule has 5 heteroatoms. The molecule has 1 aromatic heterocycles. The van der Waals surface area contributed by atoms with Crippen LogP contribution < -0.4 is 11.4 Å². The lowest BCUT2D eigenvalue weighted by Gasteiger charge is -2.03. The fourth-order valence-corrected chi connectivity index (χ4v) is 1.24. The highest BCUT2D eigenvalue weighted by atomic mass is 16.1. The largest absolute Gasteiger partial charge is 0.399 e. The smallest absolute Gasteiger partial charge is 0.347 e. The van der Waals surface area contributed by atoms with Crippen LogP contribution >= 0.6 is 0 Å². The SMILES string of the molecule is Cc1cc(-n2cn[nH]c2=O)ccc1N. The molecule has 72 valence electrons. The summed E-state index contributed by atoms with van der Waals surface area (Å²) in [6.45, 7) is 1.89. The first-order chi connectivity index (χ1) is 6.68. The van der Waals surface area contributed by atoms with E-state index in [0.29, 0.717) is 5.69 Å². The number of nitrogens with two attached hydrogens (primary N) is 1. The van der Waals surface area contributed by atoms with Crippen LogP contribution in [0.15, 0.2) is 29.3 Å². The van der Waals surface area contributed by atoms with Gasteiger partial charge < -0.3 is 5.73 Å². The summed E-state index contributed by atoms with van der Waals surface area (Å²) in [5.41, 5.74) is 7.83. The van der Waals surface area contributed by atoms with E-state index < -0.39 is 0 Å². The minimum Gasteiger partial charge on any atom is -0.399 e. The first-order valence-electron chi connectivity index (χ1n) is 4.17. The number of nitrogens with zero attached hydrogens (tertiary/aromatic N) is 2. The van der Waals surface area contributed by atoms with Gasteiger partial charge in [-0.05, 0) is 30.7 Å². The van der Waals surface area contributed by atoms with Crippen LogP contribution in [0.3, 0.4) is 0 Å². The molecule has 0 amide bonds. The van der Waals surface area contributed by atoms with Crippen LogP contribution in [0.4, 0.5) is 5.69 Å². The number of hydrogen-bond donors (Lipinski definition) is 2. The minimum atomic E-state index is -0.255. The Morgan fingerprint density at radius 3 is 2.86 bits per heavy atom. The molecule has 0 fully saturated rings. The Labute approximate surface area is 80.2 Å². The maximum absolute atomic E-state index is 11.2. The maximum atomic E-state index is 11.2. The number of hydrogen-bond acceptors (Lipinski definition) is 3. The Bertz CT molecular complexity index is 512. The molecule has 0 aliphatic rings. The minimum absolute atomic E-state index is 0.255. The number of nitrogens with one attached hydrogen (secondary N) is 1. The van der Waals surface area contributed by atoms with Crippen LogP contribution in [0.25, 0.3) is 5.69 Å². The normalized spacial score (nSPS) is 10.4. The number of H-pyrrole nitrogens is 1. The molecule has 2 rings (SSSR count). The summed E-state index contributed by atoms with van der Waals surface area (Å²) >= 11 is 0. The fraction of sp³-hybridized carbons (Fsp3) is 0.111. The van der Waals surface area contributed by atoms with Crippen LogP contribution in [0.1, 0.15) is 5.56 Å². The summed E-state index contributed by atoms with van der Waals surface area (Å²) < 4.78 is 1.42. The number of anilines is 1. The van der Waals surface area contributed by atoms with Gasteiger partial charge in [0, 0.05) is 5.69 Å². The first kappa shape index (κ1) is 8.55. The molecular formula is C9H10N4O. The molecule has 0 saturated heterocycles. The van der Waals surface area contributed by atoms with Gasteiger partial charge in [0.25, 0.3) is 0 Å². The summed E-state index contributed by atoms with van der Waals surface area (Å²) in [5, 5.41) is 5.97. The predicted octanol–water partition coefficient (Wildman–Crippen LogP) is 0.451. The van der Waals surface area contributed by atoms with E-state index >= 15 is 0 Å². The van der Waals surface area contributed by atoms with E-state index in [1.165, 1.54) is 10.9 Å². The summed E-state index contributed by atoms with van der Waals surface area (Å²) in [4.78, 5) is 11.2. The molecule has 0 spiro atoms. The molecule has 0 aliphatic heterocycles. The van der Waals surface area contributed by atoms with Gasteiger partial charge in [0.1, 0.15) is 6.33 Å². The van der Waals surface area contributed by atoms with Crippen LogP contribution in [-0.4, -0.2) is 14.8 Å². The molecular weight excluding hydrogens is 180 g/mol. The number of aromatic amines is 1. The van der Waals surface area contributed by atoms with Crippen molar-refractivity contribution in [1.82, 2.24) is 14.8 Å². The van der Waals surface area contributed by atoms with E-state index in [9.17, 15) is 4.79 Å². The molecule has 0 radical (unpaired) electrons. The third kappa shape index (κ3) is 1.28. The molecule has 0 unspecified atom stereocenters. The molecule has 5 nitrogen and oxygen atoms in total. The van der Waals surface area contributed by atoms with Crippen molar-refractivity contribution < 1.29 is 0 Å². The lowest BCUT2D eigenvalue weighted by atomic mass is 10.2. The van der Waals surface area contributed by atoms with Crippen molar-refractivity contribution in [3.63, 3.8) is 0 Å². The standard InChI is InChI=1S/C9H10N4O/c1-6-4-7(2-3-8(6)10)13-5-11-12-9(13)14/h2-5H,10H2,1H3,(H,12,14). The average Bonchev–Trinajstić information content (AvgIpc) is 2.57. The van der Waals surface area contributed by atoms with Gasteiger partial charge in [-0.1, -0.05) is 0 Å². The summed E-state index contributed by atoms with van der Waals surface area (Å²) in [5.74, 6) is 0. The number of benzene rings is 1. The number of aryl methyl sites for hydroxylation is 1. The molecule has 0 atom stereocenters. The van der Waals surface area contributed by atoms with Crippen molar-refractivity contribution >= 4 is 5.69 Å². The quantitative estimate of drug-likeness (QED) is 0.641. The van der Waals surface area contributed by atoms with Crippen molar-refractivity contribution in [3.05, 3.63) is 40.6 Å². The second-order valence-corrected chi connectivity index (χ2v) is 3.07. The van der Waals surface area contributed by atoms with Gasteiger partial charge in [0.05, 0.1) is 5.69 Å². The Hall–Kier alpha value is -2.04. The van der Waals surface area contributed by atoms with E-state index in [2.05, 4.69) is 10.2 Å². The Morgan fingerprint density at radius 1 is 1.50 bits per heavy atom. The van der Waals surface area contributed by atoms with Gasteiger partial charge in [-0.15, -0.1) is 0 Å². The van der Waals surface area contributed by atoms with Crippen molar-refractivity contribution in [1.29, 1.82) is 0 Å². The predicted molar refractivity (Wildman–Crippen MR) is 53.3 cm³/mol. The molecule has 0 bridgehead atoms. The fourth-order valence-electron chi connectivity index (χ4n) is 1.24. The summed E-state index contributed by atoms with van der Waals surface area (Å²) in [7, 11) is 0. The zero-order valence-corrected chi connectivity index (χ0v) is 7.69. The van der Waals surface area contributed by atoms with Crippen molar-refractivity contribution in [2.75, 3.05) is 5.73 Å². The van der Waals surface area contributed by atoms with Crippen molar-refractivity contribution in [3.8, 4) is 5.69 Å². The van der Waals surface area contributed by atoms with E-state index in [0.717, 1.165) is 11.3 Å². The number of aromatic nitrogens is 3. The van der Waals surface area contributed by atoms with Gasteiger partial charge in [0.2, 0.25) is 0 Å². The molecule has 1 heterocycles. The van der Waals surface area contributed by atoms with Gasteiger partial charge in [-0.2, -0.15) is 5.10 Å². The van der Waals surface area contributed by atoms with E-state index in [-0.39, 0.29) is 5.69 Å². The van der Waals surface area contributed by atoms with Crippen molar-refractivity contribution in [2.24, 2.45) is 0 Å². The molecule has 0 saturated carbocycles. The topological polar surface area (TPSA) is 76.7 Å².